The molecule has 120 valence electrons. The van der Waals surface area contributed by atoms with Crippen molar-refractivity contribution in [1.29, 1.82) is 0 Å². The molecule has 0 aliphatic rings. The Hall–Kier alpha value is -2.94. The minimum atomic E-state index is -0.358. The van der Waals surface area contributed by atoms with E-state index in [1.807, 2.05) is 60.7 Å². The number of benzene rings is 3. The second kappa shape index (κ2) is 7.55. The summed E-state index contributed by atoms with van der Waals surface area (Å²) in [6, 6.07) is 25.6. The van der Waals surface area contributed by atoms with Crippen molar-refractivity contribution in [2.24, 2.45) is 0 Å². The van der Waals surface area contributed by atoms with Crippen molar-refractivity contribution in [2.75, 3.05) is 0 Å². The van der Waals surface area contributed by atoms with Crippen LogP contribution in [0.4, 0.5) is 4.39 Å². The van der Waals surface area contributed by atoms with Crippen molar-refractivity contribution in [3.05, 3.63) is 107 Å². The average molecular weight is 319 g/mol. The lowest BCUT2D eigenvalue weighted by Gasteiger charge is -2.20. The van der Waals surface area contributed by atoms with Crippen LogP contribution < -0.4 is 5.32 Å². The summed E-state index contributed by atoms with van der Waals surface area (Å²) in [5, 5.41) is 3.02. The molecule has 0 unspecified atom stereocenters. The minimum absolute atomic E-state index is 0.0167. The molecule has 3 aromatic carbocycles. The number of carbonyl (C=O) groups is 1. The first-order valence-electron chi connectivity index (χ1n) is 7.86. The van der Waals surface area contributed by atoms with E-state index in [2.05, 4.69) is 5.32 Å². The van der Waals surface area contributed by atoms with Gasteiger partial charge >= 0.3 is 0 Å². The highest BCUT2D eigenvalue weighted by atomic mass is 19.1. The summed E-state index contributed by atoms with van der Waals surface area (Å²) < 4.78 is 13.8. The minimum Gasteiger partial charge on any atom is -0.345 e. The monoisotopic (exact) mass is 319 g/mol. The highest BCUT2D eigenvalue weighted by Gasteiger charge is 2.17. The molecule has 0 fully saturated rings. The van der Waals surface area contributed by atoms with E-state index in [-0.39, 0.29) is 24.2 Å². The smallest absolute Gasteiger partial charge is 0.225 e. The second-order valence-corrected chi connectivity index (χ2v) is 5.59. The third-order valence-corrected chi connectivity index (χ3v) is 3.88. The van der Waals surface area contributed by atoms with Crippen LogP contribution in [0.2, 0.25) is 0 Å². The molecular weight excluding hydrogens is 301 g/mol. The van der Waals surface area contributed by atoms with Crippen LogP contribution in [0.25, 0.3) is 0 Å². The van der Waals surface area contributed by atoms with Gasteiger partial charge in [0.15, 0.2) is 0 Å². The van der Waals surface area contributed by atoms with Crippen LogP contribution in [-0.2, 0) is 11.2 Å². The molecule has 24 heavy (non-hydrogen) atoms. The number of amides is 1. The van der Waals surface area contributed by atoms with Gasteiger partial charge in [-0.2, -0.15) is 0 Å². The van der Waals surface area contributed by atoms with Gasteiger partial charge in [0, 0.05) is 0 Å². The van der Waals surface area contributed by atoms with E-state index in [0.717, 1.165) is 11.1 Å². The fraction of sp³-hybridized carbons (Fsp3) is 0.0952. The quantitative estimate of drug-likeness (QED) is 0.747. The molecule has 1 amide bonds. The van der Waals surface area contributed by atoms with Crippen molar-refractivity contribution < 1.29 is 9.18 Å². The van der Waals surface area contributed by atoms with E-state index < -0.39 is 0 Å². The molecule has 3 rings (SSSR count). The first kappa shape index (κ1) is 15.9. The Bertz CT molecular complexity index is 763. The van der Waals surface area contributed by atoms with E-state index in [1.54, 1.807) is 18.2 Å². The summed E-state index contributed by atoms with van der Waals surface area (Å²) in [5.41, 5.74) is 2.38. The van der Waals surface area contributed by atoms with Gasteiger partial charge in [0.25, 0.3) is 0 Å². The summed E-state index contributed by atoms with van der Waals surface area (Å²) in [5.74, 6) is -0.568. The highest BCUT2D eigenvalue weighted by Crippen LogP contribution is 2.22. The normalized spacial score (nSPS) is 10.6. The third-order valence-electron chi connectivity index (χ3n) is 3.88. The average Bonchev–Trinajstić information content (AvgIpc) is 2.63. The van der Waals surface area contributed by atoms with Crippen LogP contribution in [0.3, 0.4) is 0 Å². The fourth-order valence-corrected chi connectivity index (χ4v) is 2.68. The molecule has 0 spiro atoms. The number of hydrogen-bond acceptors (Lipinski definition) is 1. The molecule has 2 nitrogen and oxygen atoms in total. The van der Waals surface area contributed by atoms with Gasteiger partial charge < -0.3 is 5.32 Å². The van der Waals surface area contributed by atoms with E-state index >= 15 is 0 Å². The predicted octanol–water partition coefficient (Wildman–Crippen LogP) is 4.27. The first-order valence-corrected chi connectivity index (χ1v) is 7.86. The maximum absolute atomic E-state index is 13.8. The van der Waals surface area contributed by atoms with Gasteiger partial charge in [-0.05, 0) is 22.8 Å². The molecule has 0 aromatic heterocycles. The van der Waals surface area contributed by atoms with E-state index in [4.69, 9.17) is 0 Å². The summed E-state index contributed by atoms with van der Waals surface area (Å²) in [6.07, 6.45) is 0.0167. The maximum atomic E-state index is 13.8. The van der Waals surface area contributed by atoms with Gasteiger partial charge in [-0.15, -0.1) is 0 Å². The zero-order chi connectivity index (χ0) is 16.8. The number of carbonyl (C=O) groups excluding carboxylic acids is 1. The van der Waals surface area contributed by atoms with Crippen LogP contribution in [0.15, 0.2) is 84.9 Å². The van der Waals surface area contributed by atoms with Crippen molar-refractivity contribution in [1.82, 2.24) is 5.32 Å². The Morgan fingerprint density at radius 1 is 0.792 bits per heavy atom. The molecule has 0 bridgehead atoms. The van der Waals surface area contributed by atoms with Crippen LogP contribution in [0.1, 0.15) is 22.7 Å². The largest absolute Gasteiger partial charge is 0.345 e. The lowest BCUT2D eigenvalue weighted by Crippen LogP contribution is -2.30. The van der Waals surface area contributed by atoms with Crippen LogP contribution in [-0.4, -0.2) is 5.91 Å². The number of hydrogen-bond donors (Lipinski definition) is 1. The van der Waals surface area contributed by atoms with Gasteiger partial charge in [0.1, 0.15) is 5.82 Å². The van der Waals surface area contributed by atoms with Gasteiger partial charge in [0.05, 0.1) is 12.5 Å². The standard InChI is InChI=1S/C21H18FNO/c22-19-14-8-7-13-18(19)15-20(24)23-21(16-9-3-1-4-10-16)17-11-5-2-6-12-17/h1-14,21H,15H2,(H,23,24). The van der Waals surface area contributed by atoms with Crippen molar-refractivity contribution in [3.63, 3.8) is 0 Å². The Kier molecular flexibility index (Phi) is 5.02. The maximum Gasteiger partial charge on any atom is 0.225 e. The SMILES string of the molecule is O=C(Cc1ccccc1F)NC(c1ccccc1)c1ccccc1. The Balaban J connectivity index is 1.82. The van der Waals surface area contributed by atoms with Crippen LogP contribution in [0, 0.1) is 5.82 Å². The molecule has 0 aliphatic heterocycles. The predicted molar refractivity (Wildman–Crippen MR) is 93.0 cm³/mol. The molecule has 0 saturated carbocycles. The summed E-state index contributed by atoms with van der Waals surface area (Å²) in [6.45, 7) is 0. The Labute approximate surface area is 141 Å². The van der Waals surface area contributed by atoms with E-state index in [0.29, 0.717) is 5.56 Å². The van der Waals surface area contributed by atoms with Crippen molar-refractivity contribution >= 4 is 5.91 Å². The molecule has 3 heteroatoms. The second-order valence-electron chi connectivity index (χ2n) is 5.59. The topological polar surface area (TPSA) is 29.1 Å². The number of halogens is 1. The van der Waals surface area contributed by atoms with Crippen molar-refractivity contribution in [3.8, 4) is 0 Å². The fourth-order valence-electron chi connectivity index (χ4n) is 2.68. The molecular formula is C21H18FNO. The molecule has 1 N–H and O–H groups in total. The van der Waals surface area contributed by atoms with E-state index in [9.17, 15) is 9.18 Å². The van der Waals surface area contributed by atoms with Gasteiger partial charge in [0.2, 0.25) is 5.91 Å². The summed E-state index contributed by atoms with van der Waals surface area (Å²) >= 11 is 0. The third kappa shape index (κ3) is 3.87. The lowest BCUT2D eigenvalue weighted by molar-refractivity contribution is -0.121. The molecule has 0 radical (unpaired) electrons. The zero-order valence-corrected chi connectivity index (χ0v) is 13.2. The molecule has 0 heterocycles. The van der Waals surface area contributed by atoms with Crippen molar-refractivity contribution in [2.45, 2.75) is 12.5 Å². The highest BCUT2D eigenvalue weighted by molar-refractivity contribution is 5.79. The summed E-state index contributed by atoms with van der Waals surface area (Å²) in [4.78, 5) is 12.4. The lowest BCUT2D eigenvalue weighted by atomic mass is 9.98. The van der Waals surface area contributed by atoms with Crippen LogP contribution >= 0.6 is 0 Å². The van der Waals surface area contributed by atoms with Gasteiger partial charge in [-0.1, -0.05) is 78.9 Å². The van der Waals surface area contributed by atoms with Gasteiger partial charge in [-0.3, -0.25) is 4.79 Å². The number of rotatable bonds is 5. The summed E-state index contributed by atoms with van der Waals surface area (Å²) in [7, 11) is 0. The Morgan fingerprint density at radius 2 is 1.29 bits per heavy atom. The molecule has 0 saturated heterocycles. The zero-order valence-electron chi connectivity index (χ0n) is 13.2. The molecule has 0 atom stereocenters. The van der Waals surface area contributed by atoms with Gasteiger partial charge in [-0.25, -0.2) is 4.39 Å². The van der Waals surface area contributed by atoms with E-state index in [1.165, 1.54) is 6.07 Å². The Morgan fingerprint density at radius 3 is 1.83 bits per heavy atom. The number of nitrogens with one attached hydrogen (secondary N) is 1. The molecule has 0 aliphatic carbocycles. The first-order chi connectivity index (χ1) is 11.7. The molecule has 3 aromatic rings. The van der Waals surface area contributed by atoms with Crippen LogP contribution in [0.5, 0.6) is 0 Å².